The summed E-state index contributed by atoms with van der Waals surface area (Å²) in [5.74, 6) is -0.391. The molecule has 0 radical (unpaired) electrons. The molecule has 0 aliphatic carbocycles. The SMILES string of the molecule is CNC(=O)Cn1nc(C(=O)N2CCC3(CN(C)C(=O)O3)C2)cc1C. The predicted molar refractivity (Wildman–Crippen MR) is 83.4 cm³/mol. The van der Waals surface area contributed by atoms with Gasteiger partial charge in [-0.1, -0.05) is 0 Å². The van der Waals surface area contributed by atoms with Crippen molar-refractivity contribution in [3.8, 4) is 0 Å². The molecule has 3 heterocycles. The average molecular weight is 335 g/mol. The van der Waals surface area contributed by atoms with Crippen LogP contribution in [0.15, 0.2) is 6.07 Å². The maximum Gasteiger partial charge on any atom is 0.410 e. The zero-order chi connectivity index (χ0) is 17.5. The molecule has 1 aromatic rings. The lowest BCUT2D eigenvalue weighted by Gasteiger charge is -2.21. The standard InChI is InChI=1S/C15H21N5O4/c1-10-6-11(17-20(10)7-12(21)16-2)13(22)19-5-4-15(9-19)8-18(3)14(23)24-15/h6H,4-5,7-9H2,1-3H3,(H,16,21). The van der Waals surface area contributed by atoms with Gasteiger partial charge < -0.3 is 19.9 Å². The Bertz CT molecular complexity index is 700. The number of nitrogens with one attached hydrogen (secondary N) is 1. The summed E-state index contributed by atoms with van der Waals surface area (Å²) in [6, 6.07) is 1.67. The van der Waals surface area contributed by atoms with E-state index in [-0.39, 0.29) is 24.5 Å². The molecule has 2 aliphatic heterocycles. The highest BCUT2D eigenvalue weighted by molar-refractivity contribution is 5.93. The van der Waals surface area contributed by atoms with E-state index in [0.717, 1.165) is 5.69 Å². The highest BCUT2D eigenvalue weighted by atomic mass is 16.6. The lowest BCUT2D eigenvalue weighted by molar-refractivity contribution is -0.121. The van der Waals surface area contributed by atoms with Crippen LogP contribution in [-0.2, 0) is 16.1 Å². The number of likely N-dealkylation sites (N-methyl/N-ethyl adjacent to an activating group) is 2. The van der Waals surface area contributed by atoms with Crippen molar-refractivity contribution in [2.75, 3.05) is 33.7 Å². The molecule has 1 aromatic heterocycles. The Labute approximate surface area is 139 Å². The Morgan fingerprint density at radius 1 is 1.42 bits per heavy atom. The Balaban J connectivity index is 1.71. The molecule has 9 heteroatoms. The van der Waals surface area contributed by atoms with Gasteiger partial charge in [-0.15, -0.1) is 0 Å². The van der Waals surface area contributed by atoms with Crippen LogP contribution in [0.4, 0.5) is 4.79 Å². The summed E-state index contributed by atoms with van der Waals surface area (Å²) in [7, 11) is 3.24. The zero-order valence-electron chi connectivity index (χ0n) is 14.0. The molecule has 0 aromatic carbocycles. The second-order valence-electron chi connectivity index (χ2n) is 6.39. The van der Waals surface area contributed by atoms with Gasteiger partial charge in [0.1, 0.15) is 6.54 Å². The van der Waals surface area contributed by atoms with Crippen LogP contribution in [0, 0.1) is 6.92 Å². The lowest BCUT2D eigenvalue weighted by Crippen LogP contribution is -2.39. The van der Waals surface area contributed by atoms with Gasteiger partial charge in [-0.05, 0) is 13.0 Å². The Morgan fingerprint density at radius 3 is 2.79 bits per heavy atom. The fourth-order valence-corrected chi connectivity index (χ4v) is 3.17. The summed E-state index contributed by atoms with van der Waals surface area (Å²) in [5, 5.41) is 6.76. The monoisotopic (exact) mass is 335 g/mol. The molecule has 1 spiro atoms. The van der Waals surface area contributed by atoms with Crippen molar-refractivity contribution in [2.24, 2.45) is 0 Å². The van der Waals surface area contributed by atoms with Gasteiger partial charge in [-0.3, -0.25) is 14.3 Å². The molecule has 0 saturated carbocycles. The van der Waals surface area contributed by atoms with Crippen molar-refractivity contribution < 1.29 is 19.1 Å². The summed E-state index contributed by atoms with van der Waals surface area (Å²) in [5.41, 5.74) is 0.426. The number of hydrogen-bond donors (Lipinski definition) is 1. The fraction of sp³-hybridized carbons (Fsp3) is 0.600. The quantitative estimate of drug-likeness (QED) is 0.811. The normalized spacial score (nSPS) is 23.0. The predicted octanol–water partition coefficient (Wildman–Crippen LogP) is -0.396. The summed E-state index contributed by atoms with van der Waals surface area (Å²) < 4.78 is 6.95. The van der Waals surface area contributed by atoms with Crippen LogP contribution in [0.1, 0.15) is 22.6 Å². The minimum absolute atomic E-state index is 0.0714. The molecule has 3 rings (SSSR count). The number of nitrogens with zero attached hydrogens (tertiary/aromatic N) is 4. The van der Waals surface area contributed by atoms with E-state index in [1.807, 2.05) is 0 Å². The van der Waals surface area contributed by atoms with E-state index in [1.54, 1.807) is 32.0 Å². The third-order valence-corrected chi connectivity index (χ3v) is 4.52. The number of aryl methyl sites for hydroxylation is 1. The molecule has 9 nitrogen and oxygen atoms in total. The van der Waals surface area contributed by atoms with Crippen LogP contribution in [0.2, 0.25) is 0 Å². The lowest BCUT2D eigenvalue weighted by atomic mass is 10.0. The molecule has 130 valence electrons. The highest BCUT2D eigenvalue weighted by Crippen LogP contribution is 2.32. The van der Waals surface area contributed by atoms with Crippen molar-refractivity contribution in [3.05, 3.63) is 17.5 Å². The summed E-state index contributed by atoms with van der Waals surface area (Å²) in [6.07, 6.45) is 0.266. The highest BCUT2D eigenvalue weighted by Gasteiger charge is 2.49. The molecule has 24 heavy (non-hydrogen) atoms. The maximum atomic E-state index is 12.7. The topological polar surface area (TPSA) is 96.8 Å². The van der Waals surface area contributed by atoms with Gasteiger partial charge in [0.05, 0.1) is 13.1 Å². The maximum absolute atomic E-state index is 12.7. The Morgan fingerprint density at radius 2 is 2.17 bits per heavy atom. The van der Waals surface area contributed by atoms with E-state index in [0.29, 0.717) is 31.7 Å². The third-order valence-electron chi connectivity index (χ3n) is 4.52. The van der Waals surface area contributed by atoms with Gasteiger partial charge in [0, 0.05) is 32.8 Å². The Kier molecular flexibility index (Phi) is 3.94. The van der Waals surface area contributed by atoms with Crippen LogP contribution >= 0.6 is 0 Å². The minimum Gasteiger partial charge on any atom is -0.439 e. The number of carbonyl (C=O) groups is 3. The average Bonchev–Trinajstić information content (AvgIpc) is 3.18. The first kappa shape index (κ1) is 16.3. The molecule has 2 fully saturated rings. The summed E-state index contributed by atoms with van der Waals surface area (Å²) in [6.45, 7) is 3.23. The first-order chi connectivity index (χ1) is 11.3. The number of hydrogen-bond acceptors (Lipinski definition) is 5. The van der Waals surface area contributed by atoms with Gasteiger partial charge >= 0.3 is 6.09 Å². The van der Waals surface area contributed by atoms with E-state index in [9.17, 15) is 14.4 Å². The van der Waals surface area contributed by atoms with Crippen LogP contribution < -0.4 is 5.32 Å². The van der Waals surface area contributed by atoms with Crippen LogP contribution in [0.3, 0.4) is 0 Å². The molecule has 1 unspecified atom stereocenters. The van der Waals surface area contributed by atoms with Crippen molar-refractivity contribution in [1.29, 1.82) is 0 Å². The number of likely N-dealkylation sites (tertiary alicyclic amines) is 1. The fourth-order valence-electron chi connectivity index (χ4n) is 3.17. The molecular weight excluding hydrogens is 314 g/mol. The van der Waals surface area contributed by atoms with Crippen LogP contribution in [0.25, 0.3) is 0 Å². The first-order valence-corrected chi connectivity index (χ1v) is 7.82. The smallest absolute Gasteiger partial charge is 0.410 e. The second-order valence-corrected chi connectivity index (χ2v) is 6.39. The van der Waals surface area contributed by atoms with Gasteiger partial charge in [-0.2, -0.15) is 5.10 Å². The van der Waals surface area contributed by atoms with Gasteiger partial charge in [-0.25, -0.2) is 4.79 Å². The largest absolute Gasteiger partial charge is 0.439 e. The van der Waals surface area contributed by atoms with Gasteiger partial charge in [0.25, 0.3) is 5.91 Å². The zero-order valence-corrected chi connectivity index (χ0v) is 14.0. The minimum atomic E-state index is -0.610. The number of carbonyl (C=O) groups excluding carboxylic acids is 3. The van der Waals surface area contributed by atoms with E-state index >= 15 is 0 Å². The van der Waals surface area contributed by atoms with Crippen molar-refractivity contribution in [2.45, 2.75) is 25.5 Å². The van der Waals surface area contributed by atoms with E-state index in [4.69, 9.17) is 4.74 Å². The number of rotatable bonds is 3. The van der Waals surface area contributed by atoms with Crippen molar-refractivity contribution in [1.82, 2.24) is 24.9 Å². The summed E-state index contributed by atoms with van der Waals surface area (Å²) >= 11 is 0. The first-order valence-electron chi connectivity index (χ1n) is 7.82. The van der Waals surface area contributed by atoms with Gasteiger partial charge in [0.15, 0.2) is 11.3 Å². The summed E-state index contributed by atoms with van der Waals surface area (Å²) in [4.78, 5) is 38.9. The molecule has 1 atom stereocenters. The molecular formula is C15H21N5O4. The third kappa shape index (κ3) is 2.81. The van der Waals surface area contributed by atoms with Crippen LogP contribution in [0.5, 0.6) is 0 Å². The number of aromatic nitrogens is 2. The molecule has 3 amide bonds. The van der Waals surface area contributed by atoms with Crippen molar-refractivity contribution in [3.63, 3.8) is 0 Å². The molecule has 0 bridgehead atoms. The number of amides is 3. The van der Waals surface area contributed by atoms with E-state index < -0.39 is 5.60 Å². The van der Waals surface area contributed by atoms with E-state index in [1.165, 1.54) is 9.58 Å². The van der Waals surface area contributed by atoms with Crippen LogP contribution in [-0.4, -0.2) is 76.8 Å². The second kappa shape index (κ2) is 5.81. The Hall–Kier alpha value is -2.58. The van der Waals surface area contributed by atoms with Crippen molar-refractivity contribution >= 4 is 17.9 Å². The molecule has 2 saturated heterocycles. The number of ether oxygens (including phenoxy) is 1. The van der Waals surface area contributed by atoms with Gasteiger partial charge in [0.2, 0.25) is 5.91 Å². The molecule has 1 N–H and O–H groups in total. The molecule has 2 aliphatic rings. The van der Waals surface area contributed by atoms with E-state index in [2.05, 4.69) is 10.4 Å².